The number of benzene rings is 1. The summed E-state index contributed by atoms with van der Waals surface area (Å²) in [5, 5.41) is 7.50. The first kappa shape index (κ1) is 30.8. The van der Waals surface area contributed by atoms with Crippen LogP contribution < -0.4 is 10.6 Å². The van der Waals surface area contributed by atoms with E-state index in [1.807, 2.05) is 63.3 Å². The molecule has 4 bridgehead atoms. The zero-order valence-electron chi connectivity index (χ0n) is 22.5. The smallest absolute Gasteiger partial charge is 0.249 e. The molecule has 0 radical (unpaired) electrons. The molecule has 2 aliphatic heterocycles. The zero-order valence-corrected chi connectivity index (χ0v) is 24.1. The van der Waals surface area contributed by atoms with Gasteiger partial charge in [-0.15, -0.1) is 23.1 Å². The molecule has 2 N–H and O–H groups in total. The Balaban J connectivity index is 0.00000420. The van der Waals surface area contributed by atoms with Crippen molar-refractivity contribution in [3.8, 4) is 10.4 Å². The number of hydrogen-bond acceptors (Lipinski definition) is 7. The highest BCUT2D eigenvalue weighted by Crippen LogP contribution is 2.38. The minimum absolute atomic E-state index is 0. The Labute approximate surface area is 240 Å². The molecule has 4 rings (SSSR count). The average molecular weight is 569 g/mol. The van der Waals surface area contributed by atoms with Crippen LogP contribution in [0.25, 0.3) is 10.4 Å². The summed E-state index contributed by atoms with van der Waals surface area (Å²) in [5.41, 5.74) is 0.746. The Morgan fingerprint density at radius 2 is 1.90 bits per heavy atom. The number of aliphatic imine (C=N–C) groups is 1. The topological polar surface area (TPSA) is 101 Å². The van der Waals surface area contributed by atoms with Gasteiger partial charge in [0.2, 0.25) is 11.8 Å². The van der Waals surface area contributed by atoms with Crippen LogP contribution in [0, 0.1) is 11.8 Å². The second kappa shape index (κ2) is 13.5. The molecule has 3 heterocycles. The maximum atomic E-state index is 13.5. The molecule has 0 saturated heterocycles. The van der Waals surface area contributed by atoms with Crippen LogP contribution in [0.15, 0.2) is 47.5 Å². The van der Waals surface area contributed by atoms with Gasteiger partial charge in [0.25, 0.3) is 0 Å². The van der Waals surface area contributed by atoms with Gasteiger partial charge in [-0.05, 0) is 30.7 Å². The van der Waals surface area contributed by atoms with Gasteiger partial charge in [-0.2, -0.15) is 0 Å². The zero-order chi connectivity index (χ0) is 27.3. The molecule has 0 aliphatic carbocycles. The van der Waals surface area contributed by atoms with Gasteiger partial charge in [-0.1, -0.05) is 77.1 Å². The molecule has 1 aromatic carbocycles. The lowest BCUT2D eigenvalue weighted by atomic mass is 9.89. The number of unbranched alkanes of at least 4 members (excludes halogenated alkanes) is 1. The standard InChI is InChI=1S/C29H36N4O3S2.CH4/c1-5-6-8-11-19-14-21(34)24(18(2)3)32-28(36)29(4)17-37-27(33-29)25-26(20-12-9-7-10-13-20)38-23(31-25)16-30-22(35)15-19;/h7-13,18-19,24H,5-6,14-17H2,1-4H3,(H,30,35)(H,32,36);1H4/b11-8+;/t19-,24-,29-;/m0./s1. The third-order valence-corrected chi connectivity index (χ3v) is 9.12. The lowest BCUT2D eigenvalue weighted by Gasteiger charge is -2.27. The van der Waals surface area contributed by atoms with Gasteiger partial charge in [-0.3, -0.25) is 19.4 Å². The van der Waals surface area contributed by atoms with Crippen LogP contribution in [0.4, 0.5) is 0 Å². The number of Topliss-reactive ketones (excluding diaryl/α,β-unsaturated/α-hetero) is 1. The number of fused-ring (bicyclic) bond motifs is 4. The summed E-state index contributed by atoms with van der Waals surface area (Å²) >= 11 is 3.03. The van der Waals surface area contributed by atoms with Crippen molar-refractivity contribution in [3.63, 3.8) is 0 Å². The molecule has 210 valence electrons. The lowest BCUT2D eigenvalue weighted by molar-refractivity contribution is -0.131. The van der Waals surface area contributed by atoms with E-state index in [2.05, 4.69) is 17.6 Å². The van der Waals surface area contributed by atoms with Gasteiger partial charge < -0.3 is 10.6 Å². The van der Waals surface area contributed by atoms with Crippen molar-refractivity contribution in [2.45, 2.75) is 78.9 Å². The van der Waals surface area contributed by atoms with Crippen LogP contribution in [0.2, 0.25) is 0 Å². The predicted octanol–water partition coefficient (Wildman–Crippen LogP) is 5.79. The molecular weight excluding hydrogens is 528 g/mol. The normalized spacial score (nSPS) is 24.3. The number of thioether (sulfide) groups is 1. The van der Waals surface area contributed by atoms with Crippen molar-refractivity contribution in [1.82, 2.24) is 15.6 Å². The number of nitrogens with zero attached hydrogens (tertiary/aromatic N) is 2. The van der Waals surface area contributed by atoms with Crippen LogP contribution in [0.5, 0.6) is 0 Å². The van der Waals surface area contributed by atoms with E-state index in [0.29, 0.717) is 17.3 Å². The lowest BCUT2D eigenvalue weighted by Crippen LogP contribution is -2.52. The second-order valence-electron chi connectivity index (χ2n) is 10.5. The molecule has 9 heteroatoms. The summed E-state index contributed by atoms with van der Waals surface area (Å²) in [5.74, 6) is -0.314. The van der Waals surface area contributed by atoms with E-state index in [1.54, 1.807) is 0 Å². The molecule has 7 nitrogen and oxygen atoms in total. The number of rotatable bonds is 5. The monoisotopic (exact) mass is 568 g/mol. The van der Waals surface area contributed by atoms with Crippen molar-refractivity contribution in [2.24, 2.45) is 16.8 Å². The largest absolute Gasteiger partial charge is 0.350 e. The number of carbonyl (C=O) groups excluding carboxylic acids is 3. The number of thiazole rings is 1. The van der Waals surface area contributed by atoms with Crippen LogP contribution in [0.1, 0.15) is 71.5 Å². The SMILES string of the molecule is C.CCC/C=C/[C@@H]1CC(=O)NCc2nc(c(-c3ccccc3)s2)C2=N[C@@](C)(CS2)C(=O)N[C@@H](C(C)C)C(=O)C1. The number of allylic oxidation sites excluding steroid dienone is 2. The second-order valence-corrected chi connectivity index (χ2v) is 12.5. The molecule has 0 spiro atoms. The summed E-state index contributed by atoms with van der Waals surface area (Å²) in [6.45, 7) is 8.07. The Kier molecular flexibility index (Phi) is 10.7. The number of hydrogen-bond donors (Lipinski definition) is 2. The number of nitrogens with one attached hydrogen (secondary N) is 2. The quantitative estimate of drug-likeness (QED) is 0.445. The number of amides is 2. The molecule has 2 aliphatic rings. The van der Waals surface area contributed by atoms with Gasteiger partial charge in [0.1, 0.15) is 21.3 Å². The fourth-order valence-corrected chi connectivity index (χ4v) is 6.79. The average Bonchev–Trinajstić information content (AvgIpc) is 3.50. The maximum absolute atomic E-state index is 13.5. The van der Waals surface area contributed by atoms with Crippen molar-refractivity contribution in [2.75, 3.05) is 5.75 Å². The Hall–Kier alpha value is -2.78. The molecule has 2 aromatic rings. The first-order chi connectivity index (χ1) is 18.2. The summed E-state index contributed by atoms with van der Waals surface area (Å²) in [4.78, 5) is 50.6. The number of aromatic nitrogens is 1. The number of ketones is 1. The molecule has 0 fully saturated rings. The van der Waals surface area contributed by atoms with E-state index < -0.39 is 11.6 Å². The van der Waals surface area contributed by atoms with E-state index >= 15 is 0 Å². The third kappa shape index (κ3) is 7.45. The molecule has 0 unspecified atom stereocenters. The maximum Gasteiger partial charge on any atom is 0.249 e. The highest BCUT2D eigenvalue weighted by Gasteiger charge is 2.42. The molecule has 1 aromatic heterocycles. The van der Waals surface area contributed by atoms with Crippen LogP contribution in [-0.2, 0) is 20.9 Å². The highest BCUT2D eigenvalue weighted by molar-refractivity contribution is 8.14. The van der Waals surface area contributed by atoms with E-state index in [-0.39, 0.29) is 49.7 Å². The Morgan fingerprint density at radius 3 is 2.59 bits per heavy atom. The Bertz CT molecular complexity index is 1240. The van der Waals surface area contributed by atoms with Crippen molar-refractivity contribution < 1.29 is 14.4 Å². The van der Waals surface area contributed by atoms with Crippen molar-refractivity contribution in [3.05, 3.63) is 53.2 Å². The Morgan fingerprint density at radius 1 is 1.15 bits per heavy atom. The molecular formula is C30H40N4O3S2. The first-order valence-electron chi connectivity index (χ1n) is 13.3. The molecule has 2 amide bonds. The summed E-state index contributed by atoms with van der Waals surface area (Å²) in [7, 11) is 0. The minimum atomic E-state index is -1.00. The van der Waals surface area contributed by atoms with Crippen LogP contribution in [-0.4, -0.2) is 45.0 Å². The highest BCUT2D eigenvalue weighted by atomic mass is 32.2. The molecule has 39 heavy (non-hydrogen) atoms. The fraction of sp³-hybridized carbons (Fsp3) is 0.500. The van der Waals surface area contributed by atoms with E-state index in [0.717, 1.165) is 34.0 Å². The molecule has 0 saturated carbocycles. The summed E-state index contributed by atoms with van der Waals surface area (Å²) < 4.78 is 0. The summed E-state index contributed by atoms with van der Waals surface area (Å²) in [6, 6.07) is 9.33. The van der Waals surface area contributed by atoms with Gasteiger partial charge in [-0.25, -0.2) is 4.98 Å². The van der Waals surface area contributed by atoms with E-state index in [9.17, 15) is 14.4 Å². The van der Waals surface area contributed by atoms with Gasteiger partial charge in [0.15, 0.2) is 5.78 Å². The predicted molar refractivity (Wildman–Crippen MR) is 162 cm³/mol. The molecule has 3 atom stereocenters. The van der Waals surface area contributed by atoms with Gasteiger partial charge in [0, 0.05) is 18.6 Å². The minimum Gasteiger partial charge on any atom is -0.350 e. The van der Waals surface area contributed by atoms with Crippen LogP contribution >= 0.6 is 23.1 Å². The summed E-state index contributed by atoms with van der Waals surface area (Å²) in [6.07, 6.45) is 6.29. The number of carbonyl (C=O) groups is 3. The van der Waals surface area contributed by atoms with Crippen molar-refractivity contribution in [1.29, 1.82) is 0 Å². The van der Waals surface area contributed by atoms with Crippen LogP contribution in [0.3, 0.4) is 0 Å². The van der Waals surface area contributed by atoms with E-state index in [1.165, 1.54) is 23.1 Å². The van der Waals surface area contributed by atoms with E-state index in [4.69, 9.17) is 9.98 Å². The van der Waals surface area contributed by atoms with Gasteiger partial charge >= 0.3 is 0 Å². The van der Waals surface area contributed by atoms with Gasteiger partial charge in [0.05, 0.1) is 17.5 Å². The third-order valence-electron chi connectivity index (χ3n) is 6.75. The van der Waals surface area contributed by atoms with Crippen molar-refractivity contribution >= 4 is 45.7 Å². The fourth-order valence-electron chi connectivity index (χ4n) is 4.55. The first-order valence-corrected chi connectivity index (χ1v) is 15.1.